The van der Waals surface area contributed by atoms with Gasteiger partial charge in [0.2, 0.25) is 0 Å². The lowest BCUT2D eigenvalue weighted by molar-refractivity contribution is 1.15. The second-order valence-corrected chi connectivity index (χ2v) is 13.9. The highest BCUT2D eigenvalue weighted by atomic mass is 15.0. The summed E-state index contributed by atoms with van der Waals surface area (Å²) in [5.41, 5.74) is 12.8. The van der Waals surface area contributed by atoms with Crippen molar-refractivity contribution in [3.63, 3.8) is 0 Å². The molecule has 3 aromatic heterocycles. The molecule has 0 aliphatic heterocycles. The molecule has 0 amide bonds. The van der Waals surface area contributed by atoms with Gasteiger partial charge in [-0.2, -0.15) is 0 Å². The third-order valence-electron chi connectivity index (χ3n) is 11.1. The summed E-state index contributed by atoms with van der Waals surface area (Å²) in [5, 5.41) is 6.90. The van der Waals surface area contributed by atoms with E-state index < -0.39 is 0 Å². The summed E-state index contributed by atoms with van der Waals surface area (Å²) in [7, 11) is 0. The van der Waals surface area contributed by atoms with Crippen LogP contribution in [0.15, 0.2) is 176 Å². The van der Waals surface area contributed by atoms with Crippen molar-refractivity contribution in [2.45, 2.75) is 0 Å². The molecule has 0 unspecified atom stereocenters. The molecule has 0 aliphatic rings. The second-order valence-electron chi connectivity index (χ2n) is 13.9. The van der Waals surface area contributed by atoms with Gasteiger partial charge in [0, 0.05) is 49.4 Å². The molecule has 0 aliphatic carbocycles. The molecular weight excluding hydrogens is 671 g/mol. The lowest BCUT2D eigenvalue weighted by Crippen LogP contribution is -2.02. The Hall–Kier alpha value is -7.86. The zero-order valence-electron chi connectivity index (χ0n) is 29.5. The Bertz CT molecular complexity index is 3420. The van der Waals surface area contributed by atoms with Crippen LogP contribution in [0.3, 0.4) is 0 Å². The lowest BCUT2D eigenvalue weighted by atomic mass is 10.00. The van der Waals surface area contributed by atoms with Gasteiger partial charge in [-0.1, -0.05) is 115 Å². The third-order valence-corrected chi connectivity index (χ3v) is 11.1. The zero-order chi connectivity index (χ0) is 36.6. The quantitative estimate of drug-likeness (QED) is 0.163. The van der Waals surface area contributed by atoms with Crippen LogP contribution < -0.4 is 0 Å². The molecule has 11 aromatic rings. The monoisotopic (exact) mass is 699 g/mol. The summed E-state index contributed by atoms with van der Waals surface area (Å²) in [6.07, 6.45) is 0. The van der Waals surface area contributed by atoms with Gasteiger partial charge in [-0.15, -0.1) is 0 Å². The SMILES string of the molecule is [C-]#[N+]c1ccc(-c2ccccc2-n2c3ccccc3c3ccc(-n4c5ccccc5c5ccccc54)cc32)c(-n2c3ccccc3c3cc([N+]#[C-])ccc32)c1. The van der Waals surface area contributed by atoms with E-state index in [2.05, 4.69) is 157 Å². The molecule has 55 heavy (non-hydrogen) atoms. The molecule has 11 rings (SSSR count). The van der Waals surface area contributed by atoms with Crippen LogP contribution in [0.4, 0.5) is 11.4 Å². The second kappa shape index (κ2) is 11.8. The Kier molecular flexibility index (Phi) is 6.61. The van der Waals surface area contributed by atoms with Crippen molar-refractivity contribution in [1.29, 1.82) is 0 Å². The van der Waals surface area contributed by atoms with Crippen LogP contribution in [-0.4, -0.2) is 13.7 Å². The maximum atomic E-state index is 8.01. The lowest BCUT2D eigenvalue weighted by Gasteiger charge is -2.19. The summed E-state index contributed by atoms with van der Waals surface area (Å²) in [5.74, 6) is 0. The standard InChI is InChI=1S/C50H29N5/c1-51-32-24-28-48-42(29-32)39-17-7-12-22-47(39)55(48)49-30-33(52-2)23-26-40(49)37-15-5-10-20-45(37)54-46-21-11-6-16-38(46)41-27-25-34(31-50(41)54)53-43-18-8-3-13-35(43)36-14-4-9-19-44(36)53/h3-31H. The highest BCUT2D eigenvalue weighted by Gasteiger charge is 2.21. The van der Waals surface area contributed by atoms with Gasteiger partial charge in [-0.05, 0) is 66.0 Å². The summed E-state index contributed by atoms with van der Waals surface area (Å²) in [6.45, 7) is 15.7. The summed E-state index contributed by atoms with van der Waals surface area (Å²) in [4.78, 5) is 7.62. The molecule has 0 atom stereocenters. The van der Waals surface area contributed by atoms with E-state index >= 15 is 0 Å². The number of hydrogen-bond donors (Lipinski definition) is 0. The number of nitrogens with zero attached hydrogens (tertiary/aromatic N) is 5. The molecule has 0 saturated heterocycles. The van der Waals surface area contributed by atoms with E-state index in [1.54, 1.807) is 0 Å². The molecule has 254 valence electrons. The van der Waals surface area contributed by atoms with E-state index in [0.29, 0.717) is 11.4 Å². The Balaban J connectivity index is 1.21. The zero-order valence-corrected chi connectivity index (χ0v) is 29.5. The molecule has 0 bridgehead atoms. The van der Waals surface area contributed by atoms with E-state index in [1.165, 1.54) is 32.6 Å². The first-order valence-corrected chi connectivity index (χ1v) is 18.3. The minimum atomic E-state index is 0.563. The Morgan fingerprint density at radius 3 is 1.40 bits per heavy atom. The maximum Gasteiger partial charge on any atom is 0.189 e. The van der Waals surface area contributed by atoms with Crippen LogP contribution in [0.25, 0.3) is 103 Å². The summed E-state index contributed by atoms with van der Waals surface area (Å²) < 4.78 is 7.03. The molecule has 0 N–H and O–H groups in total. The minimum Gasteiger partial charge on any atom is -0.310 e. The van der Waals surface area contributed by atoms with Crippen molar-refractivity contribution in [1.82, 2.24) is 13.7 Å². The number of benzene rings is 8. The molecule has 5 nitrogen and oxygen atoms in total. The molecule has 0 saturated carbocycles. The fourth-order valence-corrected chi connectivity index (χ4v) is 8.75. The predicted octanol–water partition coefficient (Wildman–Crippen LogP) is 13.7. The van der Waals surface area contributed by atoms with Gasteiger partial charge < -0.3 is 13.7 Å². The van der Waals surface area contributed by atoms with Crippen molar-refractivity contribution in [3.05, 3.63) is 199 Å². The summed E-state index contributed by atoms with van der Waals surface area (Å²) in [6, 6.07) is 61.6. The largest absolute Gasteiger partial charge is 0.310 e. The molecule has 8 aromatic carbocycles. The molecule has 0 fully saturated rings. The van der Waals surface area contributed by atoms with E-state index in [1.807, 2.05) is 42.5 Å². The molecular formula is C50H29N5. The maximum absolute atomic E-state index is 8.01. The number of aromatic nitrogens is 3. The van der Waals surface area contributed by atoms with E-state index in [0.717, 1.165) is 61.0 Å². The van der Waals surface area contributed by atoms with E-state index in [4.69, 9.17) is 13.1 Å². The number of rotatable bonds is 4. The first-order valence-electron chi connectivity index (χ1n) is 18.3. The number of hydrogen-bond acceptors (Lipinski definition) is 0. The van der Waals surface area contributed by atoms with Gasteiger partial charge in [0.05, 0.1) is 51.9 Å². The molecule has 5 heteroatoms. The van der Waals surface area contributed by atoms with Crippen LogP contribution in [0, 0.1) is 13.1 Å². The van der Waals surface area contributed by atoms with Crippen molar-refractivity contribution >= 4 is 76.8 Å². The van der Waals surface area contributed by atoms with Crippen molar-refractivity contribution in [2.75, 3.05) is 0 Å². The fraction of sp³-hybridized carbons (Fsp3) is 0. The highest BCUT2D eigenvalue weighted by molar-refractivity contribution is 6.13. The topological polar surface area (TPSA) is 23.5 Å². The van der Waals surface area contributed by atoms with Crippen LogP contribution in [-0.2, 0) is 0 Å². The van der Waals surface area contributed by atoms with Crippen molar-refractivity contribution < 1.29 is 0 Å². The first-order chi connectivity index (χ1) is 27.2. The number of para-hydroxylation sites is 5. The van der Waals surface area contributed by atoms with Crippen LogP contribution in [0.1, 0.15) is 0 Å². The van der Waals surface area contributed by atoms with Crippen LogP contribution in [0.5, 0.6) is 0 Å². The van der Waals surface area contributed by atoms with Gasteiger partial charge in [0.1, 0.15) is 0 Å². The Morgan fingerprint density at radius 2 is 0.764 bits per heavy atom. The third kappa shape index (κ3) is 4.45. The highest BCUT2D eigenvalue weighted by Crippen LogP contribution is 2.43. The first kappa shape index (κ1) is 30.7. The smallest absolute Gasteiger partial charge is 0.189 e. The average molecular weight is 700 g/mol. The minimum absolute atomic E-state index is 0.563. The average Bonchev–Trinajstić information content (AvgIpc) is 3.88. The van der Waals surface area contributed by atoms with Gasteiger partial charge in [0.15, 0.2) is 11.4 Å². The summed E-state index contributed by atoms with van der Waals surface area (Å²) >= 11 is 0. The number of fused-ring (bicyclic) bond motifs is 9. The van der Waals surface area contributed by atoms with Crippen LogP contribution >= 0.6 is 0 Å². The van der Waals surface area contributed by atoms with E-state index in [-0.39, 0.29) is 0 Å². The molecule has 3 heterocycles. The van der Waals surface area contributed by atoms with Crippen molar-refractivity contribution in [2.24, 2.45) is 0 Å². The van der Waals surface area contributed by atoms with E-state index in [9.17, 15) is 0 Å². The van der Waals surface area contributed by atoms with Gasteiger partial charge >= 0.3 is 0 Å². The molecule has 0 spiro atoms. The normalized spacial score (nSPS) is 11.6. The van der Waals surface area contributed by atoms with Crippen molar-refractivity contribution in [3.8, 4) is 28.2 Å². The molecule has 0 radical (unpaired) electrons. The Labute approximate surface area is 316 Å². The van der Waals surface area contributed by atoms with Gasteiger partial charge in [0.25, 0.3) is 0 Å². The van der Waals surface area contributed by atoms with Crippen LogP contribution in [0.2, 0.25) is 0 Å². The Morgan fingerprint density at radius 1 is 0.309 bits per heavy atom. The van der Waals surface area contributed by atoms with Gasteiger partial charge in [-0.25, -0.2) is 9.69 Å². The van der Waals surface area contributed by atoms with Gasteiger partial charge in [-0.3, -0.25) is 0 Å². The fourth-order valence-electron chi connectivity index (χ4n) is 8.75. The predicted molar refractivity (Wildman–Crippen MR) is 227 cm³/mol.